The van der Waals surface area contributed by atoms with Gasteiger partial charge in [0, 0.05) is 31.4 Å². The maximum atomic E-state index is 5.97. The topological polar surface area (TPSA) is 39.7 Å². The maximum Gasteiger partial charge on any atom is 0.500 e. The summed E-state index contributed by atoms with van der Waals surface area (Å²) < 4.78 is 17.9. The van der Waals surface area contributed by atoms with Crippen LogP contribution in [0.5, 0.6) is 0 Å². The molecule has 0 aliphatic heterocycles. The molecule has 5 heteroatoms. The number of hydrogen-bond acceptors (Lipinski definition) is 4. The molecule has 1 N–H and O–H groups in total. The molecular formula is C29H63NO3Si. The van der Waals surface area contributed by atoms with E-state index in [0.717, 1.165) is 19.0 Å². The van der Waals surface area contributed by atoms with Crippen LogP contribution in [0.3, 0.4) is 0 Å². The molecule has 4 nitrogen and oxygen atoms in total. The Bertz CT molecular complexity index is 403. The maximum absolute atomic E-state index is 5.97. The van der Waals surface area contributed by atoms with E-state index in [9.17, 15) is 0 Å². The Morgan fingerprint density at radius 1 is 0.529 bits per heavy atom. The average Bonchev–Trinajstić information content (AvgIpc) is 2.80. The molecule has 0 aromatic heterocycles. The Hall–Kier alpha value is 0.0569. The Balaban J connectivity index is 3.69. The van der Waals surface area contributed by atoms with Gasteiger partial charge in [-0.15, -0.1) is 0 Å². The molecule has 0 aliphatic carbocycles. The van der Waals surface area contributed by atoms with Crippen molar-refractivity contribution in [3.05, 3.63) is 0 Å². The van der Waals surface area contributed by atoms with E-state index in [-0.39, 0.29) is 5.54 Å². The molecule has 0 saturated heterocycles. The minimum atomic E-state index is -2.50. The molecule has 0 atom stereocenters. The second-order valence-electron chi connectivity index (χ2n) is 10.6. The zero-order chi connectivity index (χ0) is 25.4. The molecule has 0 aromatic carbocycles. The van der Waals surface area contributed by atoms with Gasteiger partial charge < -0.3 is 18.6 Å². The van der Waals surface area contributed by atoms with Gasteiger partial charge in [0.15, 0.2) is 0 Å². The third-order valence-corrected chi connectivity index (χ3v) is 9.91. The van der Waals surface area contributed by atoms with E-state index < -0.39 is 8.80 Å². The van der Waals surface area contributed by atoms with Crippen molar-refractivity contribution in [2.75, 3.05) is 26.4 Å². The van der Waals surface area contributed by atoms with E-state index in [2.05, 4.69) is 26.1 Å². The van der Waals surface area contributed by atoms with Crippen LogP contribution in [-0.2, 0) is 13.3 Å². The molecule has 0 unspecified atom stereocenters. The first-order chi connectivity index (χ1) is 16.4. The first-order valence-electron chi connectivity index (χ1n) is 15.1. The summed E-state index contributed by atoms with van der Waals surface area (Å²) in [5.74, 6) is 0. The largest absolute Gasteiger partial charge is 0.500 e. The van der Waals surface area contributed by atoms with E-state index in [1.54, 1.807) is 0 Å². The number of rotatable bonds is 27. The highest BCUT2D eigenvalue weighted by Crippen LogP contribution is 2.20. The van der Waals surface area contributed by atoms with Gasteiger partial charge in [0.25, 0.3) is 0 Å². The van der Waals surface area contributed by atoms with Gasteiger partial charge in [0.2, 0.25) is 0 Å². The molecule has 0 amide bonds. The molecule has 0 aromatic rings. The Labute approximate surface area is 216 Å². The molecule has 0 heterocycles. The smallest absolute Gasteiger partial charge is 0.374 e. The molecule has 34 heavy (non-hydrogen) atoms. The van der Waals surface area contributed by atoms with E-state index >= 15 is 0 Å². The molecule has 0 fully saturated rings. The van der Waals surface area contributed by atoms with Gasteiger partial charge in [-0.3, -0.25) is 0 Å². The molecule has 0 rings (SSSR count). The van der Waals surface area contributed by atoms with E-state index in [0.29, 0.717) is 19.8 Å². The first kappa shape index (κ1) is 34.1. The fourth-order valence-electron chi connectivity index (χ4n) is 4.76. The summed E-state index contributed by atoms with van der Waals surface area (Å²) in [4.78, 5) is 0. The molecule has 0 bridgehead atoms. The lowest BCUT2D eigenvalue weighted by molar-refractivity contribution is 0.0706. The van der Waals surface area contributed by atoms with Gasteiger partial charge in [-0.05, 0) is 54.0 Å². The SMILES string of the molecule is CCCCCCCCCCCCCCCCCC(C)(C)NCCC[Si](OCC)(OCC)OCC. The molecule has 206 valence electrons. The normalized spacial score (nSPS) is 12.5. The van der Waals surface area contributed by atoms with Crippen LogP contribution in [0.15, 0.2) is 0 Å². The summed E-state index contributed by atoms with van der Waals surface area (Å²) in [5, 5.41) is 3.76. The first-order valence-corrected chi connectivity index (χ1v) is 17.0. The Morgan fingerprint density at radius 3 is 1.29 bits per heavy atom. The van der Waals surface area contributed by atoms with Crippen molar-refractivity contribution in [1.82, 2.24) is 5.32 Å². The third-order valence-electron chi connectivity index (χ3n) is 6.76. The van der Waals surface area contributed by atoms with Crippen LogP contribution in [0.25, 0.3) is 0 Å². The Morgan fingerprint density at radius 2 is 0.912 bits per heavy atom. The van der Waals surface area contributed by atoms with E-state index in [1.807, 2.05) is 20.8 Å². The predicted molar refractivity (Wildman–Crippen MR) is 152 cm³/mol. The van der Waals surface area contributed by atoms with Crippen LogP contribution < -0.4 is 5.32 Å². The van der Waals surface area contributed by atoms with Crippen LogP contribution in [-0.4, -0.2) is 40.7 Å². The predicted octanol–water partition coefficient (Wildman–Crippen LogP) is 9.05. The second-order valence-corrected chi connectivity index (χ2v) is 13.3. The van der Waals surface area contributed by atoms with Crippen molar-refractivity contribution in [2.24, 2.45) is 0 Å². The van der Waals surface area contributed by atoms with Crippen molar-refractivity contribution in [3.63, 3.8) is 0 Å². The van der Waals surface area contributed by atoms with Crippen molar-refractivity contribution in [3.8, 4) is 0 Å². The number of nitrogens with one attached hydrogen (secondary N) is 1. The minimum Gasteiger partial charge on any atom is -0.374 e. The van der Waals surface area contributed by atoms with Crippen LogP contribution in [0.1, 0.15) is 151 Å². The van der Waals surface area contributed by atoms with Crippen molar-refractivity contribution in [1.29, 1.82) is 0 Å². The monoisotopic (exact) mass is 501 g/mol. The summed E-state index contributed by atoms with van der Waals surface area (Å²) >= 11 is 0. The summed E-state index contributed by atoms with van der Waals surface area (Å²) in [6.07, 6.45) is 23.7. The van der Waals surface area contributed by atoms with Gasteiger partial charge >= 0.3 is 8.80 Å². The van der Waals surface area contributed by atoms with Crippen molar-refractivity contribution < 1.29 is 13.3 Å². The summed E-state index contributed by atoms with van der Waals surface area (Å²) in [5.41, 5.74) is 0.198. The molecule has 0 saturated carbocycles. The number of hydrogen-bond donors (Lipinski definition) is 1. The van der Waals surface area contributed by atoms with E-state index in [1.165, 1.54) is 103 Å². The van der Waals surface area contributed by atoms with Gasteiger partial charge in [0.1, 0.15) is 0 Å². The second kappa shape index (κ2) is 23.5. The summed E-state index contributed by atoms with van der Waals surface area (Å²) in [6.45, 7) is 16.0. The fourth-order valence-corrected chi connectivity index (χ4v) is 7.37. The van der Waals surface area contributed by atoms with Crippen LogP contribution in [0.2, 0.25) is 6.04 Å². The highest BCUT2D eigenvalue weighted by Gasteiger charge is 2.39. The fraction of sp³-hybridized carbons (Fsp3) is 1.00. The van der Waals surface area contributed by atoms with Gasteiger partial charge in [-0.1, -0.05) is 103 Å². The van der Waals surface area contributed by atoms with E-state index in [4.69, 9.17) is 13.3 Å². The van der Waals surface area contributed by atoms with Crippen LogP contribution in [0.4, 0.5) is 0 Å². The summed E-state index contributed by atoms with van der Waals surface area (Å²) in [7, 11) is -2.50. The lowest BCUT2D eigenvalue weighted by Crippen LogP contribution is -2.47. The lowest BCUT2D eigenvalue weighted by Gasteiger charge is -2.30. The highest BCUT2D eigenvalue weighted by atomic mass is 28.4. The number of unbranched alkanes of at least 4 members (excludes halogenated alkanes) is 14. The van der Waals surface area contributed by atoms with Crippen LogP contribution in [0, 0.1) is 0 Å². The molecule has 0 radical (unpaired) electrons. The quantitative estimate of drug-likeness (QED) is 0.0900. The van der Waals surface area contributed by atoms with Crippen molar-refractivity contribution >= 4 is 8.80 Å². The van der Waals surface area contributed by atoms with Gasteiger partial charge in [-0.2, -0.15) is 0 Å². The molecule has 0 spiro atoms. The van der Waals surface area contributed by atoms with Crippen molar-refractivity contribution in [2.45, 2.75) is 162 Å². The lowest BCUT2D eigenvalue weighted by atomic mass is 9.95. The van der Waals surface area contributed by atoms with Crippen LogP contribution >= 0.6 is 0 Å². The average molecular weight is 502 g/mol. The minimum absolute atomic E-state index is 0.198. The summed E-state index contributed by atoms with van der Waals surface area (Å²) in [6, 6.07) is 0.893. The zero-order valence-electron chi connectivity index (χ0n) is 24.3. The third kappa shape index (κ3) is 20.3. The Kier molecular flexibility index (Phi) is 23.5. The van der Waals surface area contributed by atoms with Gasteiger partial charge in [-0.25, -0.2) is 0 Å². The molecule has 0 aliphatic rings. The highest BCUT2D eigenvalue weighted by molar-refractivity contribution is 6.60. The zero-order valence-corrected chi connectivity index (χ0v) is 25.3. The standard InChI is InChI=1S/C29H63NO3Si/c1-7-11-12-13-14-15-16-17-18-19-20-21-22-23-24-26-29(5,6)30-27-25-28-34(31-8-2,32-9-3)33-10-4/h30H,7-28H2,1-6H3. The van der Waals surface area contributed by atoms with Gasteiger partial charge in [0.05, 0.1) is 0 Å². The molecular weight excluding hydrogens is 438 g/mol.